The second-order valence-corrected chi connectivity index (χ2v) is 4.27. The zero-order valence-electron chi connectivity index (χ0n) is 10.5. The van der Waals surface area contributed by atoms with Gasteiger partial charge >= 0.3 is 5.97 Å². The molecule has 19 heavy (non-hydrogen) atoms. The fourth-order valence-corrected chi connectivity index (χ4v) is 1.75. The van der Waals surface area contributed by atoms with Crippen LogP contribution in [-0.2, 0) is 6.54 Å². The van der Waals surface area contributed by atoms with E-state index in [1.807, 2.05) is 13.0 Å². The maximum atomic E-state index is 10.7. The molecule has 0 aliphatic carbocycles. The normalized spacial score (nSPS) is 12.3. The van der Waals surface area contributed by atoms with Gasteiger partial charge in [0.15, 0.2) is 0 Å². The lowest BCUT2D eigenvalue weighted by Gasteiger charge is -2.13. The largest absolute Gasteiger partial charge is 0.508 e. The lowest BCUT2D eigenvalue weighted by molar-refractivity contribution is 0.0660. The molecule has 0 aliphatic rings. The number of hydrogen-bond donors (Lipinski definition) is 3. The van der Waals surface area contributed by atoms with Crippen molar-refractivity contribution in [3.05, 3.63) is 53.5 Å². The van der Waals surface area contributed by atoms with E-state index in [2.05, 4.69) is 5.32 Å². The van der Waals surface area contributed by atoms with E-state index >= 15 is 0 Å². The summed E-state index contributed by atoms with van der Waals surface area (Å²) in [7, 11) is 0. The fraction of sp³-hybridized carbons (Fsp3) is 0.214. The van der Waals surface area contributed by atoms with E-state index in [4.69, 9.17) is 9.52 Å². The van der Waals surface area contributed by atoms with Gasteiger partial charge in [0.05, 0.1) is 6.54 Å². The van der Waals surface area contributed by atoms with Crippen LogP contribution in [0.4, 0.5) is 0 Å². The number of aromatic carboxylic acids is 1. The molecule has 1 aromatic heterocycles. The highest BCUT2D eigenvalue weighted by Crippen LogP contribution is 2.18. The summed E-state index contributed by atoms with van der Waals surface area (Å²) >= 11 is 0. The standard InChI is InChI=1S/C14H15NO4/c1-9(10-3-2-4-11(16)7-10)15-8-12-5-6-13(19-12)14(17)18/h2-7,9,15-16H,8H2,1H3,(H,17,18). The third kappa shape index (κ3) is 3.35. The van der Waals surface area contributed by atoms with E-state index in [9.17, 15) is 9.90 Å². The third-order valence-corrected chi connectivity index (χ3v) is 2.83. The van der Waals surface area contributed by atoms with Gasteiger partial charge in [-0.1, -0.05) is 12.1 Å². The van der Waals surface area contributed by atoms with Gasteiger partial charge in [0.2, 0.25) is 5.76 Å². The molecule has 1 unspecified atom stereocenters. The Balaban J connectivity index is 1.96. The summed E-state index contributed by atoms with van der Waals surface area (Å²) in [6.45, 7) is 2.37. The number of carboxylic acids is 1. The summed E-state index contributed by atoms with van der Waals surface area (Å²) in [5.41, 5.74) is 0.949. The molecule has 0 saturated heterocycles. The molecule has 0 aliphatic heterocycles. The molecule has 3 N–H and O–H groups in total. The summed E-state index contributed by atoms with van der Waals surface area (Å²) in [5.74, 6) is -0.365. The van der Waals surface area contributed by atoms with Crippen molar-refractivity contribution in [2.75, 3.05) is 0 Å². The van der Waals surface area contributed by atoms with E-state index < -0.39 is 5.97 Å². The lowest BCUT2D eigenvalue weighted by atomic mass is 10.1. The van der Waals surface area contributed by atoms with Crippen molar-refractivity contribution in [2.24, 2.45) is 0 Å². The molecule has 1 atom stereocenters. The van der Waals surface area contributed by atoms with E-state index in [0.29, 0.717) is 12.3 Å². The number of hydrogen-bond acceptors (Lipinski definition) is 4. The average Bonchev–Trinajstić information content (AvgIpc) is 2.85. The molecular weight excluding hydrogens is 246 g/mol. The van der Waals surface area contributed by atoms with E-state index in [0.717, 1.165) is 5.56 Å². The zero-order valence-corrected chi connectivity index (χ0v) is 10.5. The first-order valence-corrected chi connectivity index (χ1v) is 5.90. The summed E-state index contributed by atoms with van der Waals surface area (Å²) in [6, 6.07) is 10.1. The number of benzene rings is 1. The first-order chi connectivity index (χ1) is 9.06. The van der Waals surface area contributed by atoms with Crippen LogP contribution in [0.15, 0.2) is 40.8 Å². The molecule has 100 valence electrons. The Morgan fingerprint density at radius 3 is 2.79 bits per heavy atom. The molecule has 2 rings (SSSR count). The Bertz CT molecular complexity index is 576. The minimum atomic E-state index is -1.08. The van der Waals surface area contributed by atoms with Crippen molar-refractivity contribution in [2.45, 2.75) is 19.5 Å². The van der Waals surface area contributed by atoms with E-state index in [-0.39, 0.29) is 17.6 Å². The second-order valence-electron chi connectivity index (χ2n) is 4.27. The smallest absolute Gasteiger partial charge is 0.371 e. The van der Waals surface area contributed by atoms with Gasteiger partial charge in [-0.3, -0.25) is 0 Å². The highest BCUT2D eigenvalue weighted by molar-refractivity contribution is 5.84. The second kappa shape index (κ2) is 5.58. The highest BCUT2D eigenvalue weighted by atomic mass is 16.4. The Kier molecular flexibility index (Phi) is 3.87. The van der Waals surface area contributed by atoms with Gasteiger partial charge in [0, 0.05) is 6.04 Å². The predicted molar refractivity (Wildman–Crippen MR) is 69.0 cm³/mol. The molecule has 2 aromatic rings. The number of rotatable bonds is 5. The van der Waals surface area contributed by atoms with Crippen molar-refractivity contribution >= 4 is 5.97 Å². The van der Waals surface area contributed by atoms with E-state index in [1.165, 1.54) is 6.07 Å². The molecule has 1 aromatic carbocycles. The van der Waals surface area contributed by atoms with Crippen molar-refractivity contribution in [1.29, 1.82) is 0 Å². The first-order valence-electron chi connectivity index (χ1n) is 5.90. The average molecular weight is 261 g/mol. The van der Waals surface area contributed by atoms with Gasteiger partial charge in [-0.05, 0) is 36.8 Å². The van der Waals surface area contributed by atoms with Gasteiger partial charge in [0.1, 0.15) is 11.5 Å². The first kappa shape index (κ1) is 13.2. The summed E-state index contributed by atoms with van der Waals surface area (Å²) < 4.78 is 5.14. The molecule has 0 radical (unpaired) electrons. The van der Waals surface area contributed by atoms with Crippen LogP contribution in [0.25, 0.3) is 0 Å². The van der Waals surface area contributed by atoms with Crippen molar-refractivity contribution in [3.63, 3.8) is 0 Å². The van der Waals surface area contributed by atoms with Crippen LogP contribution in [-0.4, -0.2) is 16.2 Å². The number of phenols is 1. The molecule has 0 bridgehead atoms. The molecule has 1 heterocycles. The van der Waals surface area contributed by atoms with Crippen LogP contribution in [0.5, 0.6) is 5.75 Å². The Labute approximate surface area is 110 Å². The molecular formula is C14H15NO4. The van der Waals surface area contributed by atoms with Crippen LogP contribution in [0.3, 0.4) is 0 Å². The molecule has 0 amide bonds. The monoisotopic (exact) mass is 261 g/mol. The van der Waals surface area contributed by atoms with Crippen molar-refractivity contribution in [3.8, 4) is 5.75 Å². The van der Waals surface area contributed by atoms with Crippen LogP contribution in [0.1, 0.15) is 34.8 Å². The van der Waals surface area contributed by atoms with Gasteiger partial charge in [-0.25, -0.2) is 4.79 Å². The van der Waals surface area contributed by atoms with Gasteiger partial charge < -0.3 is 19.9 Å². The highest BCUT2D eigenvalue weighted by Gasteiger charge is 2.10. The molecule has 0 spiro atoms. The maximum Gasteiger partial charge on any atom is 0.371 e. The number of carbonyl (C=O) groups is 1. The fourth-order valence-electron chi connectivity index (χ4n) is 1.75. The third-order valence-electron chi connectivity index (χ3n) is 2.83. The Hall–Kier alpha value is -2.27. The van der Waals surface area contributed by atoms with Crippen LogP contribution in [0, 0.1) is 0 Å². The number of carboxylic acid groups (broad SMARTS) is 1. The predicted octanol–water partition coefficient (Wildman–Crippen LogP) is 2.53. The summed E-state index contributed by atoms with van der Waals surface area (Å²) in [4.78, 5) is 10.7. The lowest BCUT2D eigenvalue weighted by Crippen LogP contribution is -2.17. The van der Waals surface area contributed by atoms with Gasteiger partial charge in [0.25, 0.3) is 0 Å². The van der Waals surface area contributed by atoms with Crippen LogP contribution >= 0.6 is 0 Å². The SMILES string of the molecule is CC(NCc1ccc(C(=O)O)o1)c1cccc(O)c1. The molecule has 0 saturated carbocycles. The minimum absolute atomic E-state index is 0.0190. The number of phenolic OH excluding ortho intramolecular Hbond substituents is 1. The number of aromatic hydroxyl groups is 1. The maximum absolute atomic E-state index is 10.7. The molecule has 5 nitrogen and oxygen atoms in total. The Morgan fingerprint density at radius 2 is 2.16 bits per heavy atom. The minimum Gasteiger partial charge on any atom is -0.508 e. The van der Waals surface area contributed by atoms with Crippen LogP contribution < -0.4 is 5.32 Å². The van der Waals surface area contributed by atoms with Gasteiger partial charge in [-0.2, -0.15) is 0 Å². The number of nitrogens with one attached hydrogen (secondary N) is 1. The Morgan fingerprint density at radius 1 is 1.37 bits per heavy atom. The summed E-state index contributed by atoms with van der Waals surface area (Å²) in [6.07, 6.45) is 0. The summed E-state index contributed by atoms with van der Waals surface area (Å²) in [5, 5.41) is 21.3. The number of furan rings is 1. The quantitative estimate of drug-likeness (QED) is 0.770. The molecule has 5 heteroatoms. The van der Waals surface area contributed by atoms with Gasteiger partial charge in [-0.15, -0.1) is 0 Å². The van der Waals surface area contributed by atoms with Crippen molar-refractivity contribution < 1.29 is 19.4 Å². The topological polar surface area (TPSA) is 82.7 Å². The molecule has 0 fully saturated rings. The van der Waals surface area contributed by atoms with Crippen molar-refractivity contribution in [1.82, 2.24) is 5.32 Å². The van der Waals surface area contributed by atoms with E-state index in [1.54, 1.807) is 24.3 Å². The zero-order chi connectivity index (χ0) is 13.8. The van der Waals surface area contributed by atoms with Crippen LogP contribution in [0.2, 0.25) is 0 Å².